The van der Waals surface area contributed by atoms with Gasteiger partial charge in [0, 0.05) is 18.8 Å². The lowest BCUT2D eigenvalue weighted by Gasteiger charge is -2.19. The average molecular weight is 211 g/mol. The summed E-state index contributed by atoms with van der Waals surface area (Å²) >= 11 is 0. The second kappa shape index (κ2) is 3.44. The molecule has 1 aliphatic heterocycles. The summed E-state index contributed by atoms with van der Waals surface area (Å²) in [5.41, 5.74) is 9.73. The molecule has 3 rings (SSSR count). The minimum absolute atomic E-state index is 0. The summed E-state index contributed by atoms with van der Waals surface area (Å²) in [4.78, 5) is 0. The first-order valence-electron chi connectivity index (χ1n) is 4.94. The number of hydrogen-bond donors (Lipinski definition) is 2. The van der Waals surface area contributed by atoms with E-state index in [-0.39, 0.29) is 12.4 Å². The lowest BCUT2D eigenvalue weighted by molar-refractivity contribution is 0.454. The Balaban J connectivity index is 0.000000750. The van der Waals surface area contributed by atoms with Gasteiger partial charge in [-0.1, -0.05) is 6.07 Å². The first-order chi connectivity index (χ1) is 6.34. The van der Waals surface area contributed by atoms with Crippen molar-refractivity contribution >= 4 is 18.1 Å². The van der Waals surface area contributed by atoms with Crippen LogP contribution in [0.4, 0.5) is 5.69 Å². The van der Waals surface area contributed by atoms with E-state index < -0.39 is 0 Å². The second-order valence-electron chi connectivity index (χ2n) is 4.18. The van der Waals surface area contributed by atoms with Crippen molar-refractivity contribution in [3.8, 4) is 0 Å². The van der Waals surface area contributed by atoms with Crippen LogP contribution in [0, 0.1) is 0 Å². The summed E-state index contributed by atoms with van der Waals surface area (Å²) < 4.78 is 0. The molecule has 2 atom stereocenters. The monoisotopic (exact) mass is 210 g/mol. The van der Waals surface area contributed by atoms with E-state index in [4.69, 9.17) is 5.73 Å². The predicted molar refractivity (Wildman–Crippen MR) is 61.1 cm³/mol. The molecular weight excluding hydrogens is 196 g/mol. The quantitative estimate of drug-likeness (QED) is 0.642. The predicted octanol–water partition coefficient (Wildman–Crippen LogP) is 1.86. The van der Waals surface area contributed by atoms with Crippen molar-refractivity contribution in [3.63, 3.8) is 0 Å². The Kier molecular flexibility index (Phi) is 2.41. The third-order valence-electron chi connectivity index (χ3n) is 3.34. The van der Waals surface area contributed by atoms with E-state index in [0.717, 1.165) is 30.6 Å². The highest BCUT2D eigenvalue weighted by Gasteiger charge is 2.33. The van der Waals surface area contributed by atoms with E-state index in [1.54, 1.807) is 0 Å². The normalized spacial score (nSPS) is 28.0. The maximum atomic E-state index is 5.79. The number of hydrogen-bond acceptors (Lipinski definition) is 2. The van der Waals surface area contributed by atoms with Gasteiger partial charge >= 0.3 is 0 Å². The number of benzene rings is 1. The van der Waals surface area contributed by atoms with Crippen LogP contribution in [0.2, 0.25) is 0 Å². The van der Waals surface area contributed by atoms with Crippen molar-refractivity contribution in [2.45, 2.75) is 18.3 Å². The molecule has 2 bridgehead atoms. The third-order valence-corrected chi connectivity index (χ3v) is 3.34. The molecule has 0 radical (unpaired) electrons. The summed E-state index contributed by atoms with van der Waals surface area (Å²) in [7, 11) is 0. The number of nitrogens with two attached hydrogens (primary N) is 1. The highest BCUT2D eigenvalue weighted by molar-refractivity contribution is 5.85. The van der Waals surface area contributed by atoms with Gasteiger partial charge in [-0.3, -0.25) is 0 Å². The SMILES string of the molecule is Cl.Nc1ccc2c(c1)C1CNCC2C1. The second-order valence-corrected chi connectivity index (χ2v) is 4.18. The molecule has 1 heterocycles. The zero-order valence-electron chi connectivity index (χ0n) is 7.99. The zero-order valence-corrected chi connectivity index (χ0v) is 8.81. The van der Waals surface area contributed by atoms with Crippen LogP contribution < -0.4 is 11.1 Å². The molecule has 3 N–H and O–H groups in total. The van der Waals surface area contributed by atoms with E-state index in [2.05, 4.69) is 17.4 Å². The van der Waals surface area contributed by atoms with Gasteiger partial charge in [-0.15, -0.1) is 12.4 Å². The Morgan fingerprint density at radius 2 is 1.86 bits per heavy atom. The maximum absolute atomic E-state index is 5.79. The Hall–Kier alpha value is -0.730. The smallest absolute Gasteiger partial charge is 0.0317 e. The molecule has 0 amide bonds. The molecule has 1 aromatic rings. The van der Waals surface area contributed by atoms with Gasteiger partial charge in [-0.25, -0.2) is 0 Å². The molecule has 14 heavy (non-hydrogen) atoms. The maximum Gasteiger partial charge on any atom is 0.0317 e. The summed E-state index contributed by atoms with van der Waals surface area (Å²) in [6, 6.07) is 6.40. The van der Waals surface area contributed by atoms with Crippen LogP contribution in [-0.2, 0) is 0 Å². The van der Waals surface area contributed by atoms with Gasteiger partial charge in [-0.2, -0.15) is 0 Å². The summed E-state index contributed by atoms with van der Waals surface area (Å²) in [6.07, 6.45) is 1.33. The number of nitrogens with one attached hydrogen (secondary N) is 1. The number of halogens is 1. The number of piperidine rings is 1. The van der Waals surface area contributed by atoms with E-state index in [9.17, 15) is 0 Å². The molecule has 1 fully saturated rings. The van der Waals surface area contributed by atoms with Gasteiger partial charge < -0.3 is 11.1 Å². The minimum atomic E-state index is 0. The fraction of sp³-hybridized carbons (Fsp3) is 0.455. The van der Waals surface area contributed by atoms with Crippen LogP contribution in [-0.4, -0.2) is 13.1 Å². The van der Waals surface area contributed by atoms with Crippen molar-refractivity contribution in [2.75, 3.05) is 18.8 Å². The lowest BCUT2D eigenvalue weighted by Crippen LogP contribution is -2.28. The molecule has 3 heteroatoms. The number of anilines is 1. The van der Waals surface area contributed by atoms with Crippen LogP contribution in [0.25, 0.3) is 0 Å². The van der Waals surface area contributed by atoms with E-state index >= 15 is 0 Å². The Bertz CT molecular complexity index is 351. The lowest BCUT2D eigenvalue weighted by atomic mass is 9.98. The fourth-order valence-corrected chi connectivity index (χ4v) is 2.73. The molecule has 1 aromatic carbocycles. The Morgan fingerprint density at radius 3 is 2.64 bits per heavy atom. The summed E-state index contributed by atoms with van der Waals surface area (Å²) in [5, 5.41) is 3.47. The molecule has 2 aliphatic rings. The molecular formula is C11H15ClN2. The van der Waals surface area contributed by atoms with Crippen LogP contribution >= 0.6 is 12.4 Å². The minimum Gasteiger partial charge on any atom is -0.399 e. The van der Waals surface area contributed by atoms with E-state index in [1.165, 1.54) is 17.5 Å². The number of fused-ring (bicyclic) bond motifs is 5. The summed E-state index contributed by atoms with van der Waals surface area (Å²) in [5.74, 6) is 1.46. The van der Waals surface area contributed by atoms with Crippen molar-refractivity contribution in [2.24, 2.45) is 0 Å². The molecule has 76 valence electrons. The Morgan fingerprint density at radius 1 is 1.14 bits per heavy atom. The van der Waals surface area contributed by atoms with Crippen LogP contribution in [0.3, 0.4) is 0 Å². The van der Waals surface area contributed by atoms with Gasteiger partial charge in [0.2, 0.25) is 0 Å². The third kappa shape index (κ3) is 1.30. The molecule has 1 saturated heterocycles. The fourth-order valence-electron chi connectivity index (χ4n) is 2.73. The highest BCUT2D eigenvalue weighted by atomic mass is 35.5. The number of rotatable bonds is 0. The molecule has 0 saturated carbocycles. The largest absolute Gasteiger partial charge is 0.399 e. The first-order valence-corrected chi connectivity index (χ1v) is 4.94. The molecule has 0 spiro atoms. The van der Waals surface area contributed by atoms with Gasteiger partial charge in [0.15, 0.2) is 0 Å². The van der Waals surface area contributed by atoms with Crippen molar-refractivity contribution in [1.29, 1.82) is 0 Å². The van der Waals surface area contributed by atoms with Crippen LogP contribution in [0.1, 0.15) is 29.4 Å². The molecule has 2 unspecified atom stereocenters. The average Bonchev–Trinajstić information content (AvgIpc) is 2.39. The van der Waals surface area contributed by atoms with Gasteiger partial charge in [-0.05, 0) is 41.5 Å². The van der Waals surface area contributed by atoms with Crippen molar-refractivity contribution < 1.29 is 0 Å². The highest BCUT2D eigenvalue weighted by Crippen LogP contribution is 2.43. The van der Waals surface area contributed by atoms with Crippen LogP contribution in [0.15, 0.2) is 18.2 Å². The van der Waals surface area contributed by atoms with Gasteiger partial charge in [0.05, 0.1) is 0 Å². The van der Waals surface area contributed by atoms with E-state index in [1.807, 2.05) is 6.07 Å². The van der Waals surface area contributed by atoms with Crippen LogP contribution in [0.5, 0.6) is 0 Å². The number of nitrogen functional groups attached to an aromatic ring is 1. The topological polar surface area (TPSA) is 38.0 Å². The zero-order chi connectivity index (χ0) is 8.84. The standard InChI is InChI=1S/C11H14N2.ClH/c12-9-1-2-10-7-3-8(6-13-5-7)11(10)4-9;/h1-2,4,7-8,13H,3,5-6,12H2;1H. The molecule has 2 nitrogen and oxygen atoms in total. The van der Waals surface area contributed by atoms with Crippen molar-refractivity contribution in [1.82, 2.24) is 5.32 Å². The van der Waals surface area contributed by atoms with Gasteiger partial charge in [0.25, 0.3) is 0 Å². The molecule has 1 aliphatic carbocycles. The Labute approximate surface area is 90.3 Å². The van der Waals surface area contributed by atoms with Gasteiger partial charge in [0.1, 0.15) is 0 Å². The summed E-state index contributed by atoms with van der Waals surface area (Å²) in [6.45, 7) is 2.28. The first kappa shape index (κ1) is 9.81. The van der Waals surface area contributed by atoms with E-state index in [0.29, 0.717) is 0 Å². The van der Waals surface area contributed by atoms with Crippen molar-refractivity contribution in [3.05, 3.63) is 29.3 Å². The molecule has 0 aromatic heterocycles.